The highest BCUT2D eigenvalue weighted by Crippen LogP contribution is 2.11. The van der Waals surface area contributed by atoms with Crippen LogP contribution in [-0.2, 0) is 9.53 Å². The van der Waals surface area contributed by atoms with E-state index in [1.165, 1.54) is 0 Å². The van der Waals surface area contributed by atoms with Crippen LogP contribution in [-0.4, -0.2) is 25.2 Å². The van der Waals surface area contributed by atoms with E-state index in [2.05, 4.69) is 19.2 Å². The van der Waals surface area contributed by atoms with Gasteiger partial charge in [0.1, 0.15) is 6.04 Å². The predicted octanol–water partition coefficient (Wildman–Crippen LogP) is 1.86. The van der Waals surface area contributed by atoms with Crippen molar-refractivity contribution in [2.45, 2.75) is 32.9 Å². The standard InChI is InChI=1S/C15H24N2O2/c1-4-19-10-13(11(2)3)17-15(18)14(16)12-8-6-5-7-9-12/h5-9,11,13-14H,4,10,16H2,1-3H3,(H,17,18)/t13?,14-/m0/s1. The molecule has 0 bridgehead atoms. The second kappa shape index (κ2) is 7.92. The molecule has 1 aromatic carbocycles. The number of carbonyl (C=O) groups is 1. The number of hydrogen-bond donors (Lipinski definition) is 2. The Kier molecular flexibility index (Phi) is 6.53. The van der Waals surface area contributed by atoms with Gasteiger partial charge in [0.2, 0.25) is 5.91 Å². The van der Waals surface area contributed by atoms with Crippen molar-refractivity contribution in [3.05, 3.63) is 35.9 Å². The van der Waals surface area contributed by atoms with Crippen LogP contribution in [0.1, 0.15) is 32.4 Å². The van der Waals surface area contributed by atoms with Crippen molar-refractivity contribution in [2.24, 2.45) is 11.7 Å². The van der Waals surface area contributed by atoms with Crippen molar-refractivity contribution < 1.29 is 9.53 Å². The first-order valence-electron chi connectivity index (χ1n) is 6.74. The summed E-state index contributed by atoms with van der Waals surface area (Å²) in [6.45, 7) is 7.20. The summed E-state index contributed by atoms with van der Waals surface area (Å²) in [5.74, 6) is 0.142. The van der Waals surface area contributed by atoms with Crippen LogP contribution in [0.2, 0.25) is 0 Å². The molecule has 0 heterocycles. The van der Waals surface area contributed by atoms with Gasteiger partial charge >= 0.3 is 0 Å². The van der Waals surface area contributed by atoms with Gasteiger partial charge in [0.15, 0.2) is 0 Å². The van der Waals surface area contributed by atoms with Crippen LogP contribution in [0.5, 0.6) is 0 Å². The van der Waals surface area contributed by atoms with Gasteiger partial charge in [-0.3, -0.25) is 4.79 Å². The molecule has 0 radical (unpaired) electrons. The normalized spacial score (nSPS) is 14.2. The topological polar surface area (TPSA) is 64.3 Å². The van der Waals surface area contributed by atoms with E-state index in [9.17, 15) is 4.79 Å². The second-order valence-electron chi connectivity index (χ2n) is 4.91. The monoisotopic (exact) mass is 264 g/mol. The first-order valence-corrected chi connectivity index (χ1v) is 6.74. The Labute approximate surface area is 115 Å². The number of amides is 1. The molecule has 4 nitrogen and oxygen atoms in total. The molecule has 4 heteroatoms. The molecule has 1 unspecified atom stereocenters. The molecule has 0 aliphatic rings. The first-order chi connectivity index (χ1) is 9.06. The quantitative estimate of drug-likeness (QED) is 0.790. The highest BCUT2D eigenvalue weighted by molar-refractivity contribution is 5.83. The van der Waals surface area contributed by atoms with E-state index in [0.717, 1.165) is 5.56 Å². The zero-order chi connectivity index (χ0) is 14.3. The van der Waals surface area contributed by atoms with Gasteiger partial charge in [0, 0.05) is 6.61 Å². The van der Waals surface area contributed by atoms with Crippen LogP contribution in [0.4, 0.5) is 0 Å². The smallest absolute Gasteiger partial charge is 0.241 e. The minimum absolute atomic E-state index is 0.0118. The molecule has 1 amide bonds. The maximum Gasteiger partial charge on any atom is 0.241 e. The summed E-state index contributed by atoms with van der Waals surface area (Å²) in [7, 11) is 0. The lowest BCUT2D eigenvalue weighted by atomic mass is 10.0. The van der Waals surface area contributed by atoms with Gasteiger partial charge in [-0.05, 0) is 18.4 Å². The summed E-state index contributed by atoms with van der Waals surface area (Å²) in [5, 5.41) is 2.96. The van der Waals surface area contributed by atoms with Gasteiger partial charge in [-0.15, -0.1) is 0 Å². The molecular weight excluding hydrogens is 240 g/mol. The third-order valence-electron chi connectivity index (χ3n) is 3.08. The van der Waals surface area contributed by atoms with Gasteiger partial charge in [-0.25, -0.2) is 0 Å². The highest BCUT2D eigenvalue weighted by Gasteiger charge is 2.21. The van der Waals surface area contributed by atoms with E-state index in [1.54, 1.807) is 0 Å². The molecule has 0 aliphatic carbocycles. The molecule has 3 N–H and O–H groups in total. The summed E-state index contributed by atoms with van der Waals surface area (Å²) < 4.78 is 5.39. The number of rotatable bonds is 7. The lowest BCUT2D eigenvalue weighted by molar-refractivity contribution is -0.124. The number of benzene rings is 1. The summed E-state index contributed by atoms with van der Waals surface area (Å²) in [6.07, 6.45) is 0. The van der Waals surface area contributed by atoms with E-state index in [0.29, 0.717) is 19.1 Å². The molecule has 1 aromatic rings. The fourth-order valence-corrected chi connectivity index (χ4v) is 1.73. The first kappa shape index (κ1) is 15.7. The number of ether oxygens (including phenoxy) is 1. The van der Waals surface area contributed by atoms with E-state index < -0.39 is 6.04 Å². The molecule has 0 fully saturated rings. The molecule has 0 saturated heterocycles. The third-order valence-corrected chi connectivity index (χ3v) is 3.08. The molecule has 2 atom stereocenters. The predicted molar refractivity (Wildman–Crippen MR) is 76.6 cm³/mol. The lowest BCUT2D eigenvalue weighted by Crippen LogP contribution is -2.45. The lowest BCUT2D eigenvalue weighted by Gasteiger charge is -2.24. The third kappa shape index (κ3) is 5.01. The van der Waals surface area contributed by atoms with Gasteiger partial charge in [-0.1, -0.05) is 44.2 Å². The zero-order valence-corrected chi connectivity index (χ0v) is 11.9. The molecular formula is C15H24N2O2. The maximum atomic E-state index is 12.1. The van der Waals surface area contributed by atoms with Crippen LogP contribution in [0.15, 0.2) is 30.3 Å². The Morgan fingerprint density at radius 2 is 1.95 bits per heavy atom. The fourth-order valence-electron chi connectivity index (χ4n) is 1.73. The number of nitrogens with two attached hydrogens (primary N) is 1. The van der Waals surface area contributed by atoms with Gasteiger partial charge in [-0.2, -0.15) is 0 Å². The van der Waals surface area contributed by atoms with Crippen LogP contribution in [0.3, 0.4) is 0 Å². The highest BCUT2D eigenvalue weighted by atomic mass is 16.5. The van der Waals surface area contributed by atoms with Crippen LogP contribution in [0.25, 0.3) is 0 Å². The zero-order valence-electron chi connectivity index (χ0n) is 11.9. The fraction of sp³-hybridized carbons (Fsp3) is 0.533. The minimum atomic E-state index is -0.635. The average Bonchev–Trinajstić information content (AvgIpc) is 2.43. The molecule has 106 valence electrons. The summed E-state index contributed by atoms with van der Waals surface area (Å²) >= 11 is 0. The van der Waals surface area contributed by atoms with Gasteiger partial charge in [0.25, 0.3) is 0 Å². The van der Waals surface area contributed by atoms with Crippen molar-refractivity contribution in [1.82, 2.24) is 5.32 Å². The van der Waals surface area contributed by atoms with Crippen molar-refractivity contribution in [3.8, 4) is 0 Å². The van der Waals surface area contributed by atoms with Gasteiger partial charge < -0.3 is 15.8 Å². The number of carbonyl (C=O) groups excluding carboxylic acids is 1. The van der Waals surface area contributed by atoms with E-state index >= 15 is 0 Å². The van der Waals surface area contributed by atoms with Crippen LogP contribution < -0.4 is 11.1 Å². The van der Waals surface area contributed by atoms with Crippen molar-refractivity contribution in [3.63, 3.8) is 0 Å². The molecule has 1 rings (SSSR count). The number of nitrogens with one attached hydrogen (secondary N) is 1. The van der Waals surface area contributed by atoms with E-state index in [-0.39, 0.29) is 11.9 Å². The van der Waals surface area contributed by atoms with Crippen LogP contribution in [0, 0.1) is 5.92 Å². The Bertz CT molecular complexity index is 379. The second-order valence-corrected chi connectivity index (χ2v) is 4.91. The van der Waals surface area contributed by atoms with Crippen molar-refractivity contribution in [1.29, 1.82) is 0 Å². The van der Waals surface area contributed by atoms with Crippen LogP contribution >= 0.6 is 0 Å². The minimum Gasteiger partial charge on any atom is -0.380 e. The van der Waals surface area contributed by atoms with E-state index in [4.69, 9.17) is 10.5 Å². The molecule has 0 spiro atoms. The summed E-state index contributed by atoms with van der Waals surface area (Å²) in [5.41, 5.74) is 6.78. The number of hydrogen-bond acceptors (Lipinski definition) is 3. The molecule has 0 aliphatic heterocycles. The van der Waals surface area contributed by atoms with Crippen molar-refractivity contribution >= 4 is 5.91 Å². The Hall–Kier alpha value is -1.39. The Balaban J connectivity index is 2.61. The maximum absolute atomic E-state index is 12.1. The van der Waals surface area contributed by atoms with Crippen molar-refractivity contribution in [2.75, 3.05) is 13.2 Å². The molecule has 0 aromatic heterocycles. The Morgan fingerprint density at radius 1 is 1.32 bits per heavy atom. The van der Waals surface area contributed by atoms with E-state index in [1.807, 2.05) is 37.3 Å². The summed E-state index contributed by atoms with van der Waals surface area (Å²) in [6, 6.07) is 8.73. The van der Waals surface area contributed by atoms with Gasteiger partial charge in [0.05, 0.1) is 12.6 Å². The largest absolute Gasteiger partial charge is 0.380 e. The molecule has 19 heavy (non-hydrogen) atoms. The SMILES string of the molecule is CCOCC(NC(=O)[C@@H](N)c1ccccc1)C(C)C. The summed E-state index contributed by atoms with van der Waals surface area (Å²) in [4.78, 5) is 12.1. The molecule has 0 saturated carbocycles. The average molecular weight is 264 g/mol. The Morgan fingerprint density at radius 3 is 2.47 bits per heavy atom.